The Morgan fingerprint density at radius 1 is 0.557 bits per heavy atom. The van der Waals surface area contributed by atoms with E-state index in [4.69, 9.17) is 0 Å². The van der Waals surface area contributed by atoms with E-state index in [-0.39, 0.29) is 104 Å². The molecule has 424 valence electrons. The van der Waals surface area contributed by atoms with Gasteiger partial charge in [-0.25, -0.2) is 8.78 Å². The minimum Gasteiger partial charge on any atom is -0.344 e. The minimum atomic E-state index is -1.35. The SMILES string of the molecule is CC[C@@H](C)C(=O)N[C@H](C(=O)N1CC[C@H](F)[C@H]1CN(CCc1ccccc1)C(=O)c1ccc(-c2ccc(C(=O)N(CCc3ccccc3)C[C@@H]3[C@@H](F)CCN3C(=O)[C@@H](CC(=O)C(C)C)C3CCCCC3)cc2)cc1)C1CCCCC1. The first-order chi connectivity index (χ1) is 38.2. The topological polar surface area (TPSA) is 127 Å². The summed E-state index contributed by atoms with van der Waals surface area (Å²) in [7, 11) is 0. The summed E-state index contributed by atoms with van der Waals surface area (Å²) in [6, 6.07) is 31.6. The number of alkyl halides is 2. The first-order valence-corrected chi connectivity index (χ1v) is 29.8. The molecule has 0 aromatic heterocycles. The van der Waals surface area contributed by atoms with Gasteiger partial charge in [-0.05, 0) is 116 Å². The lowest BCUT2D eigenvalue weighted by Gasteiger charge is -2.37. The lowest BCUT2D eigenvalue weighted by molar-refractivity contribution is -0.142. The molecule has 2 aliphatic heterocycles. The lowest BCUT2D eigenvalue weighted by atomic mass is 9.76. The van der Waals surface area contributed by atoms with Gasteiger partial charge >= 0.3 is 0 Å². The number of benzene rings is 4. The Kier molecular flexibility index (Phi) is 21.1. The van der Waals surface area contributed by atoms with Crippen molar-refractivity contribution in [1.29, 1.82) is 0 Å². The van der Waals surface area contributed by atoms with Crippen LogP contribution >= 0.6 is 0 Å². The first kappa shape index (κ1) is 58.9. The maximum absolute atomic E-state index is 16.2. The van der Waals surface area contributed by atoms with Crippen LogP contribution in [0.1, 0.15) is 149 Å². The van der Waals surface area contributed by atoms with Gasteiger partial charge in [-0.15, -0.1) is 0 Å². The van der Waals surface area contributed by atoms with Gasteiger partial charge in [-0.2, -0.15) is 0 Å². The number of likely N-dealkylation sites (tertiary alicyclic amines) is 2. The minimum absolute atomic E-state index is 0.00373. The molecule has 5 amide bonds. The molecule has 4 fully saturated rings. The van der Waals surface area contributed by atoms with Crippen LogP contribution in [0.4, 0.5) is 8.78 Å². The van der Waals surface area contributed by atoms with Gasteiger partial charge in [0.25, 0.3) is 11.8 Å². The van der Waals surface area contributed by atoms with Gasteiger partial charge in [0.05, 0.1) is 12.1 Å². The summed E-state index contributed by atoms with van der Waals surface area (Å²) >= 11 is 0. The molecule has 0 radical (unpaired) electrons. The van der Waals surface area contributed by atoms with E-state index < -0.39 is 36.4 Å². The number of nitrogens with one attached hydrogen (secondary N) is 1. The van der Waals surface area contributed by atoms with Gasteiger partial charge in [-0.1, -0.05) is 151 Å². The second-order valence-corrected chi connectivity index (χ2v) is 23.5. The molecule has 11 nitrogen and oxygen atoms in total. The fourth-order valence-corrected chi connectivity index (χ4v) is 12.6. The van der Waals surface area contributed by atoms with E-state index in [1.165, 1.54) is 0 Å². The molecule has 7 atom stereocenters. The fraction of sp³-hybridized carbons (Fsp3) is 0.545. The third-order valence-electron chi connectivity index (χ3n) is 17.9. The molecule has 2 saturated heterocycles. The number of Topliss-reactive ketones (excluding diaryl/α,β-unsaturated/α-hetero) is 1. The maximum Gasteiger partial charge on any atom is 0.253 e. The number of nitrogens with zero attached hydrogens (tertiary/aromatic N) is 4. The van der Waals surface area contributed by atoms with Crippen molar-refractivity contribution in [3.05, 3.63) is 131 Å². The molecule has 0 spiro atoms. The Hall–Kier alpha value is -6.24. The third-order valence-corrected chi connectivity index (χ3v) is 17.9. The van der Waals surface area contributed by atoms with Crippen LogP contribution in [0.5, 0.6) is 0 Å². The maximum atomic E-state index is 16.2. The summed E-state index contributed by atoms with van der Waals surface area (Å²) in [5, 5.41) is 3.09. The molecular formula is C66H85F2N5O6. The van der Waals surface area contributed by atoms with Gasteiger partial charge in [0.2, 0.25) is 17.7 Å². The highest BCUT2D eigenvalue weighted by atomic mass is 19.1. The first-order valence-electron chi connectivity index (χ1n) is 29.8. The van der Waals surface area contributed by atoms with Crippen molar-refractivity contribution in [2.24, 2.45) is 29.6 Å². The van der Waals surface area contributed by atoms with Crippen molar-refractivity contribution < 1.29 is 37.5 Å². The van der Waals surface area contributed by atoms with Crippen LogP contribution < -0.4 is 5.32 Å². The number of amides is 5. The zero-order valence-electron chi connectivity index (χ0n) is 47.2. The van der Waals surface area contributed by atoms with Crippen molar-refractivity contribution in [1.82, 2.24) is 24.9 Å². The van der Waals surface area contributed by atoms with Crippen LogP contribution in [0.2, 0.25) is 0 Å². The molecule has 4 aliphatic rings. The van der Waals surface area contributed by atoms with Gasteiger partial charge in [0, 0.05) is 74.6 Å². The summed E-state index contributed by atoms with van der Waals surface area (Å²) < 4.78 is 32.4. The number of hydrogen-bond acceptors (Lipinski definition) is 6. The molecule has 1 N–H and O–H groups in total. The number of carbonyl (C=O) groups is 6. The molecule has 2 saturated carbocycles. The quantitative estimate of drug-likeness (QED) is 0.0788. The Balaban J connectivity index is 0.989. The molecule has 0 unspecified atom stereocenters. The number of carbonyl (C=O) groups excluding carboxylic acids is 6. The van der Waals surface area contributed by atoms with Crippen LogP contribution in [0.25, 0.3) is 11.1 Å². The zero-order valence-corrected chi connectivity index (χ0v) is 47.2. The molecular weight excluding hydrogens is 997 g/mol. The van der Waals surface area contributed by atoms with E-state index in [0.29, 0.717) is 43.5 Å². The Bertz CT molecular complexity index is 2640. The van der Waals surface area contributed by atoms with Gasteiger partial charge in [0.15, 0.2) is 0 Å². The predicted octanol–water partition coefficient (Wildman–Crippen LogP) is 11.5. The van der Waals surface area contributed by atoms with Crippen molar-refractivity contribution in [2.45, 2.75) is 161 Å². The van der Waals surface area contributed by atoms with E-state index in [9.17, 15) is 28.8 Å². The smallest absolute Gasteiger partial charge is 0.253 e. The Morgan fingerprint density at radius 3 is 1.42 bits per heavy atom. The summed E-state index contributed by atoms with van der Waals surface area (Å²) in [6.07, 6.45) is 9.07. The molecule has 8 rings (SSSR count). The van der Waals surface area contributed by atoms with Gasteiger partial charge < -0.3 is 24.9 Å². The predicted molar refractivity (Wildman–Crippen MR) is 306 cm³/mol. The monoisotopic (exact) mass is 1080 g/mol. The lowest BCUT2D eigenvalue weighted by Crippen LogP contribution is -2.57. The second kappa shape index (κ2) is 28.3. The summed E-state index contributed by atoms with van der Waals surface area (Å²) in [6.45, 7) is 8.60. The normalized spacial score (nSPS) is 21.1. The van der Waals surface area contributed by atoms with Crippen molar-refractivity contribution in [3.8, 4) is 11.1 Å². The second-order valence-electron chi connectivity index (χ2n) is 23.5. The molecule has 0 bridgehead atoms. The third kappa shape index (κ3) is 15.2. The largest absolute Gasteiger partial charge is 0.344 e. The number of rotatable bonds is 23. The number of ketones is 1. The number of hydrogen-bond donors (Lipinski definition) is 1. The molecule has 13 heteroatoms. The van der Waals surface area contributed by atoms with E-state index in [2.05, 4.69) is 5.32 Å². The molecule has 4 aromatic carbocycles. The highest BCUT2D eigenvalue weighted by Gasteiger charge is 2.46. The van der Waals surface area contributed by atoms with E-state index in [1.54, 1.807) is 43.9 Å². The van der Waals surface area contributed by atoms with E-state index in [0.717, 1.165) is 86.5 Å². The van der Waals surface area contributed by atoms with Crippen molar-refractivity contribution in [2.75, 3.05) is 39.3 Å². The number of halogens is 2. The Morgan fingerprint density at radius 2 is 0.987 bits per heavy atom. The van der Waals surface area contributed by atoms with E-state index in [1.807, 2.05) is 113 Å². The van der Waals surface area contributed by atoms with Crippen LogP contribution in [-0.4, -0.2) is 125 Å². The summed E-state index contributed by atoms with van der Waals surface area (Å²) in [5.41, 5.74) is 4.49. The Labute approximate surface area is 468 Å². The summed E-state index contributed by atoms with van der Waals surface area (Å²) in [4.78, 5) is 91.6. The standard InChI is InChI=1S/C66H85F2N5O6/c1-5-46(4)62(75)69-61(52-24-16-9-17-25-52)66(79)73-41-37-57(68)59(73)44-71(39-35-48-20-12-7-13-21-48)64(77)54-32-28-50(29-33-54)49-26-30-53(31-27-49)63(76)70(38-34-47-18-10-6-11-19-47)43-58-56(67)36-40-72(58)65(78)55(42-60(74)45(2)3)51-22-14-8-15-23-51/h6-7,10-13,18-21,26-33,45-46,51-52,55-59,61H,5,8-9,14-17,22-25,34-44H2,1-4H3,(H,69,75)/t46-,55+,56+,57+,58-,59-,61+/m1/s1. The summed E-state index contributed by atoms with van der Waals surface area (Å²) in [5.74, 6) is -2.04. The highest BCUT2D eigenvalue weighted by Crippen LogP contribution is 2.37. The molecule has 2 aliphatic carbocycles. The highest BCUT2D eigenvalue weighted by molar-refractivity contribution is 5.96. The molecule has 2 heterocycles. The van der Waals surface area contributed by atoms with Crippen LogP contribution in [0.3, 0.4) is 0 Å². The van der Waals surface area contributed by atoms with E-state index >= 15 is 8.78 Å². The average molecular weight is 1080 g/mol. The van der Waals surface area contributed by atoms with Crippen LogP contribution in [0, 0.1) is 29.6 Å². The van der Waals surface area contributed by atoms with Crippen LogP contribution in [-0.2, 0) is 32.0 Å². The van der Waals surface area contributed by atoms with Crippen LogP contribution in [0.15, 0.2) is 109 Å². The molecule has 79 heavy (non-hydrogen) atoms. The van der Waals surface area contributed by atoms with Gasteiger partial charge in [-0.3, -0.25) is 28.8 Å². The fourth-order valence-electron chi connectivity index (χ4n) is 12.6. The van der Waals surface area contributed by atoms with Crippen molar-refractivity contribution in [3.63, 3.8) is 0 Å². The molecule has 4 aromatic rings. The average Bonchev–Trinajstić information content (AvgIpc) is 4.16. The van der Waals surface area contributed by atoms with Gasteiger partial charge in [0.1, 0.15) is 24.2 Å². The van der Waals surface area contributed by atoms with Crippen molar-refractivity contribution >= 4 is 35.3 Å². The zero-order chi connectivity index (χ0) is 56.0.